The van der Waals surface area contributed by atoms with E-state index in [2.05, 4.69) is 35.5 Å². The average molecular weight is 736 g/mol. The number of aliphatic hydroxyl groups excluding tert-OH is 4. The number of rotatable bonds is 31. The van der Waals surface area contributed by atoms with E-state index in [-0.39, 0.29) is 18.9 Å². The highest BCUT2D eigenvalue weighted by atomic mass is 32.3. The molecule has 0 saturated carbocycles. The van der Waals surface area contributed by atoms with Crippen molar-refractivity contribution in [3.63, 3.8) is 0 Å². The quantitative estimate of drug-likeness (QED) is 0.0286. The maximum absolute atomic E-state index is 12.9. The van der Waals surface area contributed by atoms with Crippen LogP contribution < -0.4 is 5.32 Å². The van der Waals surface area contributed by atoms with Gasteiger partial charge in [-0.1, -0.05) is 128 Å². The molecule has 6 N–H and O–H groups in total. The molecule has 0 spiro atoms. The van der Waals surface area contributed by atoms with Gasteiger partial charge < -0.3 is 35.2 Å². The lowest BCUT2D eigenvalue weighted by atomic mass is 9.99. The molecule has 12 nitrogen and oxygen atoms in total. The lowest BCUT2D eigenvalue weighted by Gasteiger charge is -2.41. The summed E-state index contributed by atoms with van der Waals surface area (Å²) in [6.07, 6.45) is 20.9. The van der Waals surface area contributed by atoms with E-state index < -0.39 is 59.9 Å². The summed E-state index contributed by atoms with van der Waals surface area (Å²) < 4.78 is 47.3. The van der Waals surface area contributed by atoms with Crippen LogP contribution in [0.2, 0.25) is 0 Å². The van der Waals surface area contributed by atoms with Crippen molar-refractivity contribution in [1.29, 1.82) is 0 Å². The molecule has 1 fully saturated rings. The second-order valence-corrected chi connectivity index (χ2v) is 14.6. The van der Waals surface area contributed by atoms with Crippen molar-refractivity contribution < 1.29 is 51.8 Å². The van der Waals surface area contributed by atoms with Gasteiger partial charge in [0.15, 0.2) is 6.29 Å². The Morgan fingerprint density at radius 1 is 0.780 bits per heavy atom. The van der Waals surface area contributed by atoms with Crippen LogP contribution in [-0.4, -0.2) is 95.4 Å². The van der Waals surface area contributed by atoms with Crippen molar-refractivity contribution in [1.82, 2.24) is 5.32 Å². The fraction of sp³-hybridized carbons (Fsp3) is 0.865. The smallest absolute Gasteiger partial charge is 0.394 e. The molecule has 1 aliphatic heterocycles. The van der Waals surface area contributed by atoms with Gasteiger partial charge in [0.05, 0.1) is 25.4 Å². The number of hydrogen-bond donors (Lipinski definition) is 6. The van der Waals surface area contributed by atoms with E-state index in [0.717, 1.165) is 51.4 Å². The number of amides is 1. The monoisotopic (exact) mass is 735 g/mol. The summed E-state index contributed by atoms with van der Waals surface area (Å²) in [5, 5.41) is 44.4. The molecule has 294 valence electrons. The van der Waals surface area contributed by atoms with Gasteiger partial charge in [0.25, 0.3) is 0 Å². The van der Waals surface area contributed by atoms with Crippen LogP contribution in [0.5, 0.6) is 0 Å². The van der Waals surface area contributed by atoms with Gasteiger partial charge in [-0.25, -0.2) is 4.18 Å². The van der Waals surface area contributed by atoms with Crippen molar-refractivity contribution in [2.24, 2.45) is 0 Å². The molecule has 1 heterocycles. The minimum Gasteiger partial charge on any atom is -0.394 e. The van der Waals surface area contributed by atoms with Crippen LogP contribution in [0.1, 0.15) is 149 Å². The van der Waals surface area contributed by atoms with E-state index in [4.69, 9.17) is 14.0 Å². The van der Waals surface area contributed by atoms with Crippen LogP contribution in [0.15, 0.2) is 24.3 Å². The summed E-state index contributed by atoms with van der Waals surface area (Å²) in [4.78, 5) is 12.9. The predicted molar refractivity (Wildman–Crippen MR) is 195 cm³/mol. The fourth-order valence-electron chi connectivity index (χ4n) is 5.90. The van der Waals surface area contributed by atoms with Crippen LogP contribution in [0.3, 0.4) is 0 Å². The Hall–Kier alpha value is -1.42. The van der Waals surface area contributed by atoms with Crippen molar-refractivity contribution in [3.05, 3.63) is 24.3 Å². The van der Waals surface area contributed by atoms with Crippen LogP contribution in [-0.2, 0) is 28.9 Å². The highest BCUT2D eigenvalue weighted by Gasteiger charge is 2.48. The van der Waals surface area contributed by atoms with E-state index in [1.54, 1.807) is 6.08 Å². The minimum atomic E-state index is -5.08. The first kappa shape index (κ1) is 46.6. The van der Waals surface area contributed by atoms with E-state index in [0.29, 0.717) is 6.42 Å². The molecule has 0 aromatic rings. The summed E-state index contributed by atoms with van der Waals surface area (Å²) in [5.41, 5.74) is 0. The maximum Gasteiger partial charge on any atom is 0.397 e. The summed E-state index contributed by atoms with van der Waals surface area (Å²) in [5.74, 6) is -0.280. The predicted octanol–water partition coefficient (Wildman–Crippen LogP) is 5.82. The number of aliphatic hydroxyl groups is 4. The third-order valence-corrected chi connectivity index (χ3v) is 9.44. The van der Waals surface area contributed by atoms with Crippen LogP contribution in [0, 0.1) is 0 Å². The van der Waals surface area contributed by atoms with Gasteiger partial charge >= 0.3 is 10.4 Å². The second-order valence-electron chi connectivity index (χ2n) is 13.5. The largest absolute Gasteiger partial charge is 0.397 e. The van der Waals surface area contributed by atoms with Crippen molar-refractivity contribution >= 4 is 16.3 Å². The summed E-state index contributed by atoms with van der Waals surface area (Å²) in [6, 6.07) is -0.944. The Morgan fingerprint density at radius 2 is 1.30 bits per heavy atom. The molecule has 50 heavy (non-hydrogen) atoms. The number of carbonyl (C=O) groups excluding carboxylic acids is 1. The van der Waals surface area contributed by atoms with Crippen LogP contribution in [0.4, 0.5) is 0 Å². The van der Waals surface area contributed by atoms with Gasteiger partial charge in [0.1, 0.15) is 24.4 Å². The van der Waals surface area contributed by atoms with Gasteiger partial charge in [-0.3, -0.25) is 9.35 Å². The molecule has 7 unspecified atom stereocenters. The highest BCUT2D eigenvalue weighted by Crippen LogP contribution is 2.26. The minimum absolute atomic E-state index is 0.254. The van der Waals surface area contributed by atoms with Crippen LogP contribution in [0.25, 0.3) is 0 Å². The Kier molecular flexibility index (Phi) is 27.1. The van der Waals surface area contributed by atoms with E-state index in [9.17, 15) is 33.6 Å². The molecular formula is C37H69NO11S. The Bertz CT molecular complexity index is 1010. The van der Waals surface area contributed by atoms with Crippen LogP contribution >= 0.6 is 0 Å². The van der Waals surface area contributed by atoms with Crippen molar-refractivity contribution in [3.8, 4) is 0 Å². The molecule has 1 rings (SSSR count). The molecule has 1 aliphatic rings. The zero-order valence-corrected chi connectivity index (χ0v) is 31.5. The third kappa shape index (κ3) is 22.5. The number of ether oxygens (including phenoxy) is 2. The number of carbonyl (C=O) groups is 1. The molecule has 13 heteroatoms. The molecule has 1 saturated heterocycles. The number of nitrogens with one attached hydrogen (secondary N) is 1. The summed E-state index contributed by atoms with van der Waals surface area (Å²) >= 11 is 0. The molecule has 0 aromatic carbocycles. The average Bonchev–Trinajstić information content (AvgIpc) is 3.08. The molecular weight excluding hydrogens is 666 g/mol. The first-order valence-corrected chi connectivity index (χ1v) is 20.6. The van der Waals surface area contributed by atoms with E-state index >= 15 is 0 Å². The highest BCUT2D eigenvalue weighted by molar-refractivity contribution is 7.80. The normalized spacial score (nSPS) is 22.7. The molecule has 0 aliphatic carbocycles. The van der Waals surface area contributed by atoms with Crippen molar-refractivity contribution in [2.45, 2.75) is 192 Å². The first-order chi connectivity index (χ1) is 24.0. The van der Waals surface area contributed by atoms with E-state index in [1.807, 2.05) is 6.08 Å². The Labute approximate surface area is 302 Å². The zero-order valence-electron chi connectivity index (χ0n) is 30.7. The third-order valence-electron chi connectivity index (χ3n) is 8.98. The fourth-order valence-corrected chi connectivity index (χ4v) is 6.41. The van der Waals surface area contributed by atoms with E-state index in [1.165, 1.54) is 70.6 Å². The number of hydrogen-bond acceptors (Lipinski definition) is 10. The zero-order chi connectivity index (χ0) is 37.0. The Morgan fingerprint density at radius 3 is 1.86 bits per heavy atom. The molecule has 0 aromatic heterocycles. The Balaban J connectivity index is 2.66. The van der Waals surface area contributed by atoms with Gasteiger partial charge in [0.2, 0.25) is 5.91 Å². The standard InChI is InChI=1S/C37H69NO11S/c1-3-5-7-9-11-13-15-16-17-18-20-22-24-26-31(40)30(38-33(41)27-25-23-21-19-14-12-10-8-6-4-2)29-47-37-35(43)36(49-50(44,45)46)34(42)32(28-39)48-37/h10,12,24,26,30-32,34-37,39-40,42-43H,3-9,11,13-23,25,27-29H2,1-2H3,(H,38,41)(H,44,45,46)/b12-10-,26-24+. The topological polar surface area (TPSA) is 192 Å². The lowest BCUT2D eigenvalue weighted by Crippen LogP contribution is -2.61. The molecule has 1 amide bonds. The van der Waals surface area contributed by atoms with Gasteiger partial charge in [-0.05, 0) is 38.5 Å². The van der Waals surface area contributed by atoms with Gasteiger partial charge in [0, 0.05) is 6.42 Å². The van der Waals surface area contributed by atoms with Gasteiger partial charge in [-0.15, -0.1) is 0 Å². The van der Waals surface area contributed by atoms with Gasteiger partial charge in [-0.2, -0.15) is 8.42 Å². The lowest BCUT2D eigenvalue weighted by molar-refractivity contribution is -0.298. The second kappa shape index (κ2) is 29.1. The maximum atomic E-state index is 12.9. The molecule has 0 bridgehead atoms. The molecule has 0 radical (unpaired) electrons. The SMILES string of the molecule is CCCC/C=C\CCCCCCC(=O)NC(COC1OC(CO)C(O)C(OS(=O)(=O)O)C1O)C(O)/C=C/CCCCCCCCCCCCC. The van der Waals surface area contributed by atoms with Crippen molar-refractivity contribution in [2.75, 3.05) is 13.2 Å². The summed E-state index contributed by atoms with van der Waals surface area (Å²) in [7, 11) is -5.08. The number of unbranched alkanes of at least 4 members (excludes halogenated alkanes) is 17. The summed E-state index contributed by atoms with van der Waals surface area (Å²) in [6.45, 7) is 3.28. The first-order valence-electron chi connectivity index (χ1n) is 19.2. The number of allylic oxidation sites excluding steroid dienone is 3. The molecule has 7 atom stereocenters.